The molecular weight excluding hydrogens is 194 g/mol. The van der Waals surface area contributed by atoms with Crippen LogP contribution in [0.5, 0.6) is 0 Å². The SMILES string of the molecule is CC(CN)=C(C(C)O)C(Cl)C(=O)O. The zero-order valence-corrected chi connectivity index (χ0v) is 8.38. The molecule has 0 aliphatic carbocycles. The van der Waals surface area contributed by atoms with Crippen LogP contribution in [0.25, 0.3) is 0 Å². The molecule has 0 saturated carbocycles. The van der Waals surface area contributed by atoms with E-state index in [-0.39, 0.29) is 12.1 Å². The molecule has 0 aliphatic rings. The third kappa shape index (κ3) is 3.34. The summed E-state index contributed by atoms with van der Waals surface area (Å²) in [5.41, 5.74) is 6.21. The van der Waals surface area contributed by atoms with E-state index in [0.29, 0.717) is 5.57 Å². The van der Waals surface area contributed by atoms with Crippen LogP contribution in [0.2, 0.25) is 0 Å². The molecule has 2 atom stereocenters. The molecule has 0 bridgehead atoms. The van der Waals surface area contributed by atoms with Gasteiger partial charge in [-0.3, -0.25) is 4.79 Å². The third-order valence-electron chi connectivity index (χ3n) is 1.74. The fourth-order valence-electron chi connectivity index (χ4n) is 1.04. The van der Waals surface area contributed by atoms with Crippen molar-refractivity contribution in [2.24, 2.45) is 5.73 Å². The largest absolute Gasteiger partial charge is 0.480 e. The topological polar surface area (TPSA) is 83.5 Å². The summed E-state index contributed by atoms with van der Waals surface area (Å²) in [7, 11) is 0. The van der Waals surface area contributed by atoms with Gasteiger partial charge in [-0.05, 0) is 19.4 Å². The van der Waals surface area contributed by atoms with E-state index in [2.05, 4.69) is 0 Å². The Labute approximate surface area is 82.0 Å². The summed E-state index contributed by atoms with van der Waals surface area (Å²) >= 11 is 5.58. The first kappa shape index (κ1) is 12.4. The average molecular weight is 208 g/mol. The van der Waals surface area contributed by atoms with E-state index in [9.17, 15) is 9.90 Å². The molecular formula is C8H14ClNO3. The van der Waals surface area contributed by atoms with Crippen molar-refractivity contribution in [3.63, 3.8) is 0 Å². The smallest absolute Gasteiger partial charge is 0.325 e. The number of hydrogen-bond acceptors (Lipinski definition) is 3. The molecule has 0 amide bonds. The lowest BCUT2D eigenvalue weighted by molar-refractivity contribution is -0.136. The number of carboxylic acid groups (broad SMARTS) is 1. The van der Waals surface area contributed by atoms with Gasteiger partial charge in [0.15, 0.2) is 5.38 Å². The Hall–Kier alpha value is -0.580. The lowest BCUT2D eigenvalue weighted by atomic mass is 10.0. The van der Waals surface area contributed by atoms with Gasteiger partial charge in [-0.2, -0.15) is 0 Å². The maximum Gasteiger partial charge on any atom is 0.325 e. The van der Waals surface area contributed by atoms with E-state index in [0.717, 1.165) is 0 Å². The van der Waals surface area contributed by atoms with E-state index >= 15 is 0 Å². The highest BCUT2D eigenvalue weighted by Crippen LogP contribution is 2.18. The Morgan fingerprint density at radius 1 is 1.62 bits per heavy atom. The summed E-state index contributed by atoms with van der Waals surface area (Å²) in [5.74, 6) is -1.18. The molecule has 0 radical (unpaired) electrons. The predicted molar refractivity (Wildman–Crippen MR) is 50.7 cm³/mol. The van der Waals surface area contributed by atoms with Crippen LogP contribution < -0.4 is 5.73 Å². The summed E-state index contributed by atoms with van der Waals surface area (Å²) in [5, 5.41) is 16.7. The van der Waals surface area contributed by atoms with Crippen LogP contribution in [0.1, 0.15) is 13.8 Å². The van der Waals surface area contributed by atoms with Gasteiger partial charge in [0.2, 0.25) is 0 Å². The van der Waals surface area contributed by atoms with Crippen molar-refractivity contribution in [2.45, 2.75) is 25.3 Å². The summed E-state index contributed by atoms with van der Waals surface area (Å²) < 4.78 is 0. The maximum absolute atomic E-state index is 10.5. The Balaban J connectivity index is 4.92. The van der Waals surface area contributed by atoms with Gasteiger partial charge < -0.3 is 15.9 Å². The lowest BCUT2D eigenvalue weighted by Gasteiger charge is -2.16. The number of carbonyl (C=O) groups is 1. The van der Waals surface area contributed by atoms with E-state index < -0.39 is 17.5 Å². The van der Waals surface area contributed by atoms with E-state index in [1.54, 1.807) is 6.92 Å². The van der Waals surface area contributed by atoms with Crippen LogP contribution in [0.4, 0.5) is 0 Å². The van der Waals surface area contributed by atoms with Crippen LogP contribution in [0, 0.1) is 0 Å². The second-order valence-electron chi connectivity index (χ2n) is 2.82. The summed E-state index contributed by atoms with van der Waals surface area (Å²) in [6.45, 7) is 3.31. The predicted octanol–water partition coefficient (Wildman–Crippen LogP) is 0.334. The second kappa shape index (κ2) is 5.21. The number of carboxylic acids is 1. The molecule has 0 fully saturated rings. The lowest BCUT2D eigenvalue weighted by Crippen LogP contribution is -2.26. The molecule has 0 aliphatic heterocycles. The molecule has 76 valence electrons. The van der Waals surface area contributed by atoms with Crippen molar-refractivity contribution >= 4 is 17.6 Å². The van der Waals surface area contributed by atoms with E-state index in [4.69, 9.17) is 22.4 Å². The maximum atomic E-state index is 10.5. The number of aliphatic carboxylic acids is 1. The zero-order chi connectivity index (χ0) is 10.6. The molecule has 0 spiro atoms. The van der Waals surface area contributed by atoms with E-state index in [1.165, 1.54) is 6.92 Å². The van der Waals surface area contributed by atoms with Gasteiger partial charge in [0.1, 0.15) is 0 Å². The minimum atomic E-state index is -1.21. The average Bonchev–Trinajstić information content (AvgIpc) is 2.03. The Bertz CT molecular complexity index is 225. The second-order valence-corrected chi connectivity index (χ2v) is 3.25. The molecule has 0 aromatic rings. The first-order chi connectivity index (χ1) is 5.91. The minimum absolute atomic E-state index is 0.191. The monoisotopic (exact) mass is 207 g/mol. The first-order valence-corrected chi connectivity index (χ1v) is 4.30. The summed E-state index contributed by atoms with van der Waals surface area (Å²) in [4.78, 5) is 10.5. The molecule has 0 aromatic heterocycles. The highest BCUT2D eigenvalue weighted by molar-refractivity contribution is 6.31. The van der Waals surface area contributed by atoms with Gasteiger partial charge >= 0.3 is 5.97 Å². The minimum Gasteiger partial charge on any atom is -0.480 e. The molecule has 0 aromatic carbocycles. The number of nitrogens with two attached hydrogens (primary N) is 1. The molecule has 5 heteroatoms. The van der Waals surface area contributed by atoms with Gasteiger partial charge in [-0.25, -0.2) is 0 Å². The zero-order valence-electron chi connectivity index (χ0n) is 7.62. The molecule has 4 nitrogen and oxygen atoms in total. The fraction of sp³-hybridized carbons (Fsp3) is 0.625. The highest BCUT2D eigenvalue weighted by Gasteiger charge is 2.24. The normalized spacial score (nSPS) is 17.6. The van der Waals surface area contributed by atoms with Crippen LogP contribution in [-0.4, -0.2) is 34.2 Å². The molecule has 0 saturated heterocycles. The number of alkyl halides is 1. The van der Waals surface area contributed by atoms with Gasteiger partial charge in [0.05, 0.1) is 6.10 Å². The molecule has 13 heavy (non-hydrogen) atoms. The highest BCUT2D eigenvalue weighted by atomic mass is 35.5. The Morgan fingerprint density at radius 2 is 2.08 bits per heavy atom. The quantitative estimate of drug-likeness (QED) is 0.459. The van der Waals surface area contributed by atoms with Crippen LogP contribution >= 0.6 is 11.6 Å². The van der Waals surface area contributed by atoms with Gasteiger partial charge in [-0.15, -0.1) is 11.6 Å². The molecule has 0 heterocycles. The third-order valence-corrected chi connectivity index (χ3v) is 2.16. The van der Waals surface area contributed by atoms with Crippen molar-refractivity contribution in [1.29, 1.82) is 0 Å². The fourth-order valence-corrected chi connectivity index (χ4v) is 1.40. The summed E-state index contributed by atoms with van der Waals surface area (Å²) in [6.07, 6.45) is -0.887. The number of halogens is 1. The van der Waals surface area contributed by atoms with Gasteiger partial charge in [0.25, 0.3) is 0 Å². The van der Waals surface area contributed by atoms with Crippen molar-refractivity contribution in [1.82, 2.24) is 0 Å². The first-order valence-electron chi connectivity index (χ1n) is 3.86. The molecule has 0 rings (SSSR count). The van der Waals surface area contributed by atoms with Gasteiger partial charge in [0, 0.05) is 6.54 Å². The van der Waals surface area contributed by atoms with Crippen LogP contribution in [0.15, 0.2) is 11.1 Å². The standard InChI is InChI=1S/C8H14ClNO3/c1-4(3-10)6(5(2)11)7(9)8(12)13/h5,7,11H,3,10H2,1-2H3,(H,12,13). The van der Waals surface area contributed by atoms with E-state index in [1.807, 2.05) is 0 Å². The van der Waals surface area contributed by atoms with Crippen molar-refractivity contribution in [3.8, 4) is 0 Å². The van der Waals surface area contributed by atoms with Gasteiger partial charge in [-0.1, -0.05) is 5.57 Å². The number of aliphatic hydroxyl groups is 1. The van der Waals surface area contributed by atoms with Crippen molar-refractivity contribution in [2.75, 3.05) is 6.54 Å². The number of aliphatic hydroxyl groups excluding tert-OH is 1. The van der Waals surface area contributed by atoms with Crippen molar-refractivity contribution in [3.05, 3.63) is 11.1 Å². The van der Waals surface area contributed by atoms with Crippen LogP contribution in [-0.2, 0) is 4.79 Å². The van der Waals surface area contributed by atoms with Crippen LogP contribution in [0.3, 0.4) is 0 Å². The van der Waals surface area contributed by atoms with Crippen molar-refractivity contribution < 1.29 is 15.0 Å². The number of hydrogen-bond donors (Lipinski definition) is 3. The molecule has 2 unspecified atom stereocenters. The number of rotatable bonds is 4. The molecule has 4 N–H and O–H groups in total. The Kier molecular flexibility index (Phi) is 4.98. The summed E-state index contributed by atoms with van der Waals surface area (Å²) in [6, 6.07) is 0. The Morgan fingerprint density at radius 3 is 2.31 bits per heavy atom.